The number of rotatable bonds is 5. The highest BCUT2D eigenvalue weighted by Crippen LogP contribution is 2.27. The highest BCUT2D eigenvalue weighted by Gasteiger charge is 2.11. The second-order valence-electron chi connectivity index (χ2n) is 5.42. The number of nitrogens with one attached hydrogen (secondary N) is 1. The van der Waals surface area contributed by atoms with Crippen molar-refractivity contribution < 1.29 is 9.53 Å². The van der Waals surface area contributed by atoms with Crippen LogP contribution in [0.25, 0.3) is 11.4 Å². The van der Waals surface area contributed by atoms with Crippen LogP contribution < -0.4 is 4.74 Å². The van der Waals surface area contributed by atoms with Gasteiger partial charge >= 0.3 is 0 Å². The first kappa shape index (κ1) is 15.7. The number of likely N-dealkylation sites (N-methyl/N-ethyl adjacent to an activating group) is 1. The number of aromatic nitrogens is 4. The lowest BCUT2D eigenvalue weighted by atomic mass is 10.1. The number of aromatic amines is 1. The number of carbonyl (C=O) groups excluding carboxylic acids is 1. The molecule has 1 amide bonds. The zero-order valence-corrected chi connectivity index (χ0v) is 13.4. The van der Waals surface area contributed by atoms with Crippen molar-refractivity contribution in [1.29, 1.82) is 0 Å². The van der Waals surface area contributed by atoms with E-state index in [4.69, 9.17) is 4.74 Å². The van der Waals surface area contributed by atoms with Crippen molar-refractivity contribution >= 4 is 5.91 Å². The topological polar surface area (TPSA) is 84.0 Å². The number of ether oxygens (including phenoxy) is 1. The Morgan fingerprint density at radius 3 is 2.75 bits per heavy atom. The van der Waals surface area contributed by atoms with Crippen molar-refractivity contribution in [3.8, 4) is 23.0 Å². The van der Waals surface area contributed by atoms with E-state index >= 15 is 0 Å². The summed E-state index contributed by atoms with van der Waals surface area (Å²) in [6.45, 7) is 0. The zero-order chi connectivity index (χ0) is 16.9. The summed E-state index contributed by atoms with van der Waals surface area (Å²) in [5.74, 6) is 1.75. The second kappa shape index (κ2) is 6.91. The van der Waals surface area contributed by atoms with Crippen LogP contribution in [0, 0.1) is 0 Å². The Kier molecular flexibility index (Phi) is 4.51. The number of amides is 1. The van der Waals surface area contributed by atoms with Gasteiger partial charge in [0.05, 0.1) is 6.42 Å². The SMILES string of the molecule is CN(C)C(=O)Cc1cc(Oc2ccncn2)cc(-c2ncc[nH]2)c1. The van der Waals surface area contributed by atoms with Crippen LogP contribution in [0.3, 0.4) is 0 Å². The molecule has 7 nitrogen and oxygen atoms in total. The molecule has 2 aromatic heterocycles. The normalized spacial score (nSPS) is 10.4. The number of nitrogens with zero attached hydrogens (tertiary/aromatic N) is 4. The molecule has 0 aliphatic heterocycles. The first-order valence-corrected chi connectivity index (χ1v) is 7.39. The number of imidazole rings is 1. The Labute approximate surface area is 139 Å². The number of hydrogen-bond donors (Lipinski definition) is 1. The fourth-order valence-corrected chi connectivity index (χ4v) is 2.17. The molecule has 0 aliphatic rings. The summed E-state index contributed by atoms with van der Waals surface area (Å²) in [4.78, 5) is 28.8. The minimum Gasteiger partial charge on any atom is -0.439 e. The fourth-order valence-electron chi connectivity index (χ4n) is 2.17. The van der Waals surface area contributed by atoms with E-state index in [0.717, 1.165) is 11.1 Å². The van der Waals surface area contributed by atoms with Gasteiger partial charge in [-0.15, -0.1) is 0 Å². The number of carbonyl (C=O) groups is 1. The summed E-state index contributed by atoms with van der Waals surface area (Å²) in [7, 11) is 3.47. The lowest BCUT2D eigenvalue weighted by molar-refractivity contribution is -0.127. The summed E-state index contributed by atoms with van der Waals surface area (Å²) in [6.07, 6.45) is 6.73. The molecule has 24 heavy (non-hydrogen) atoms. The molecule has 0 atom stereocenters. The van der Waals surface area contributed by atoms with Gasteiger partial charge in [0.15, 0.2) is 0 Å². The zero-order valence-electron chi connectivity index (χ0n) is 13.4. The summed E-state index contributed by atoms with van der Waals surface area (Å²) < 4.78 is 5.78. The van der Waals surface area contributed by atoms with Crippen molar-refractivity contribution in [3.63, 3.8) is 0 Å². The second-order valence-corrected chi connectivity index (χ2v) is 5.42. The third-order valence-corrected chi connectivity index (χ3v) is 3.37. The van der Waals surface area contributed by atoms with E-state index in [2.05, 4.69) is 19.9 Å². The van der Waals surface area contributed by atoms with Gasteiger partial charge in [0.2, 0.25) is 11.8 Å². The Hall–Kier alpha value is -3.22. The maximum atomic E-state index is 12.0. The van der Waals surface area contributed by atoms with E-state index in [-0.39, 0.29) is 12.3 Å². The molecule has 122 valence electrons. The lowest BCUT2D eigenvalue weighted by Crippen LogP contribution is -2.23. The fraction of sp³-hybridized carbons (Fsp3) is 0.176. The highest BCUT2D eigenvalue weighted by molar-refractivity contribution is 5.79. The maximum absolute atomic E-state index is 12.0. The van der Waals surface area contributed by atoms with Crippen molar-refractivity contribution in [3.05, 3.63) is 54.7 Å². The average Bonchev–Trinajstić information content (AvgIpc) is 3.10. The highest BCUT2D eigenvalue weighted by atomic mass is 16.5. The van der Waals surface area contributed by atoms with Gasteiger partial charge in [-0.2, -0.15) is 0 Å². The quantitative estimate of drug-likeness (QED) is 0.779. The Bertz CT molecular complexity index is 816. The van der Waals surface area contributed by atoms with Crippen LogP contribution in [0.4, 0.5) is 0 Å². The summed E-state index contributed by atoms with van der Waals surface area (Å²) in [5, 5.41) is 0. The van der Waals surface area contributed by atoms with E-state index in [0.29, 0.717) is 17.5 Å². The van der Waals surface area contributed by atoms with Crippen LogP contribution in [0.5, 0.6) is 11.6 Å². The molecule has 0 fully saturated rings. The smallest absolute Gasteiger partial charge is 0.226 e. The van der Waals surface area contributed by atoms with Crippen molar-refractivity contribution in [2.24, 2.45) is 0 Å². The van der Waals surface area contributed by atoms with Crippen molar-refractivity contribution in [2.75, 3.05) is 14.1 Å². The first-order valence-electron chi connectivity index (χ1n) is 7.39. The van der Waals surface area contributed by atoms with Gasteiger partial charge in [0.1, 0.15) is 17.9 Å². The molecule has 0 radical (unpaired) electrons. The van der Waals surface area contributed by atoms with Crippen LogP contribution >= 0.6 is 0 Å². The van der Waals surface area contributed by atoms with Gasteiger partial charge in [-0.1, -0.05) is 0 Å². The third-order valence-electron chi connectivity index (χ3n) is 3.37. The number of hydrogen-bond acceptors (Lipinski definition) is 5. The molecule has 3 rings (SSSR count). The van der Waals surface area contributed by atoms with Crippen molar-refractivity contribution in [2.45, 2.75) is 6.42 Å². The van der Waals surface area contributed by atoms with E-state index < -0.39 is 0 Å². The van der Waals surface area contributed by atoms with Gasteiger partial charge in [0.25, 0.3) is 0 Å². The molecule has 0 spiro atoms. The monoisotopic (exact) mass is 323 g/mol. The molecule has 2 heterocycles. The van der Waals surface area contributed by atoms with Crippen LogP contribution in [-0.2, 0) is 11.2 Å². The minimum atomic E-state index is 0.0135. The molecule has 7 heteroatoms. The molecule has 0 unspecified atom stereocenters. The summed E-state index contributed by atoms with van der Waals surface area (Å²) in [6, 6.07) is 7.28. The van der Waals surface area contributed by atoms with Crippen LogP contribution in [0.15, 0.2) is 49.2 Å². The predicted molar refractivity (Wildman–Crippen MR) is 88.5 cm³/mol. The van der Waals surface area contributed by atoms with E-state index in [1.165, 1.54) is 6.33 Å². The van der Waals surface area contributed by atoms with Gasteiger partial charge in [-0.25, -0.2) is 15.0 Å². The molecular weight excluding hydrogens is 306 g/mol. The Morgan fingerprint density at radius 1 is 1.21 bits per heavy atom. The molecule has 1 aromatic carbocycles. The molecular formula is C17H17N5O2. The van der Waals surface area contributed by atoms with Gasteiger partial charge < -0.3 is 14.6 Å². The number of benzene rings is 1. The Balaban J connectivity index is 1.95. The van der Waals surface area contributed by atoms with Gasteiger partial charge in [-0.3, -0.25) is 4.79 Å². The summed E-state index contributed by atoms with van der Waals surface area (Å²) >= 11 is 0. The lowest BCUT2D eigenvalue weighted by Gasteiger charge is -2.12. The minimum absolute atomic E-state index is 0.0135. The molecule has 0 saturated carbocycles. The average molecular weight is 323 g/mol. The number of H-pyrrole nitrogens is 1. The largest absolute Gasteiger partial charge is 0.439 e. The standard InChI is InChI=1S/C17H17N5O2/c1-22(2)16(23)9-12-7-13(17-19-5-6-20-17)10-14(8-12)24-15-3-4-18-11-21-15/h3-8,10-11H,9H2,1-2H3,(H,19,20). The van der Waals surface area contributed by atoms with Crippen LogP contribution in [-0.4, -0.2) is 44.8 Å². The van der Waals surface area contributed by atoms with Crippen LogP contribution in [0.1, 0.15) is 5.56 Å². The molecule has 0 bridgehead atoms. The van der Waals surface area contributed by atoms with Gasteiger partial charge in [0, 0.05) is 44.3 Å². The Morgan fingerprint density at radius 2 is 2.08 bits per heavy atom. The van der Waals surface area contributed by atoms with E-state index in [9.17, 15) is 4.79 Å². The maximum Gasteiger partial charge on any atom is 0.226 e. The molecule has 0 saturated heterocycles. The predicted octanol–water partition coefficient (Wildman–Crippen LogP) is 2.29. The molecule has 0 aliphatic carbocycles. The molecule has 1 N–H and O–H groups in total. The van der Waals surface area contributed by atoms with E-state index in [1.54, 1.807) is 43.7 Å². The van der Waals surface area contributed by atoms with Crippen molar-refractivity contribution in [1.82, 2.24) is 24.8 Å². The van der Waals surface area contributed by atoms with Crippen LogP contribution in [0.2, 0.25) is 0 Å². The van der Waals surface area contributed by atoms with E-state index in [1.807, 2.05) is 18.2 Å². The third kappa shape index (κ3) is 3.75. The van der Waals surface area contributed by atoms with Gasteiger partial charge in [-0.05, 0) is 23.8 Å². The summed E-state index contributed by atoms with van der Waals surface area (Å²) in [5.41, 5.74) is 1.68. The first-order chi connectivity index (χ1) is 11.6. The molecule has 3 aromatic rings.